The van der Waals surface area contributed by atoms with Crippen LogP contribution in [0.5, 0.6) is 0 Å². The Morgan fingerprint density at radius 2 is 2.12 bits per heavy atom. The Balaban J connectivity index is 2.90. The van der Waals surface area contributed by atoms with Gasteiger partial charge in [-0.15, -0.1) is 0 Å². The van der Waals surface area contributed by atoms with Crippen LogP contribution in [0.15, 0.2) is 23.1 Å². The molecule has 16 heavy (non-hydrogen) atoms. The minimum Gasteiger partial charge on any atom is -0.396 e. The van der Waals surface area contributed by atoms with E-state index >= 15 is 0 Å². The lowest BCUT2D eigenvalue weighted by atomic mass is 10.3. The predicted octanol–water partition coefficient (Wildman–Crippen LogP) is 1.14. The number of benzene rings is 1. The Labute approximate surface area is 98.1 Å². The molecule has 0 heterocycles. The van der Waals surface area contributed by atoms with E-state index in [-0.39, 0.29) is 23.1 Å². The summed E-state index contributed by atoms with van der Waals surface area (Å²) in [4.78, 5) is -0.173. The van der Waals surface area contributed by atoms with Gasteiger partial charge in [0.05, 0.1) is 5.02 Å². The lowest BCUT2D eigenvalue weighted by Crippen LogP contribution is -2.25. The van der Waals surface area contributed by atoms with Crippen molar-refractivity contribution in [1.29, 1.82) is 0 Å². The van der Waals surface area contributed by atoms with Crippen LogP contribution in [0.4, 0.5) is 4.39 Å². The largest absolute Gasteiger partial charge is 0.396 e. The molecule has 0 aliphatic carbocycles. The zero-order chi connectivity index (χ0) is 12.2. The van der Waals surface area contributed by atoms with Crippen LogP contribution in [-0.2, 0) is 10.0 Å². The minimum atomic E-state index is -3.74. The maximum absolute atomic E-state index is 12.7. The maximum atomic E-state index is 12.7. The smallest absolute Gasteiger partial charge is 0.242 e. The van der Waals surface area contributed by atoms with Crippen LogP contribution in [0.1, 0.15) is 6.42 Å². The van der Waals surface area contributed by atoms with E-state index in [0.717, 1.165) is 18.2 Å². The molecule has 7 heteroatoms. The highest BCUT2D eigenvalue weighted by atomic mass is 35.5. The average Bonchev–Trinajstić information content (AvgIpc) is 2.17. The molecule has 0 aliphatic heterocycles. The van der Waals surface area contributed by atoms with Gasteiger partial charge in [0.1, 0.15) is 10.7 Å². The monoisotopic (exact) mass is 267 g/mol. The molecule has 1 rings (SSSR count). The van der Waals surface area contributed by atoms with Gasteiger partial charge in [-0.2, -0.15) is 0 Å². The van der Waals surface area contributed by atoms with Gasteiger partial charge in [0, 0.05) is 13.2 Å². The van der Waals surface area contributed by atoms with Crippen molar-refractivity contribution in [3.05, 3.63) is 29.0 Å². The highest BCUT2D eigenvalue weighted by Gasteiger charge is 2.17. The molecule has 4 nitrogen and oxygen atoms in total. The van der Waals surface area contributed by atoms with Crippen LogP contribution in [-0.4, -0.2) is 26.7 Å². The highest BCUT2D eigenvalue weighted by molar-refractivity contribution is 7.89. The van der Waals surface area contributed by atoms with E-state index in [1.165, 1.54) is 0 Å². The number of halogens is 2. The van der Waals surface area contributed by atoms with E-state index in [9.17, 15) is 12.8 Å². The van der Waals surface area contributed by atoms with Crippen molar-refractivity contribution >= 4 is 21.6 Å². The summed E-state index contributed by atoms with van der Waals surface area (Å²) in [6, 6.07) is 3.05. The molecule has 2 N–H and O–H groups in total. The van der Waals surface area contributed by atoms with Crippen LogP contribution in [0.25, 0.3) is 0 Å². The zero-order valence-corrected chi connectivity index (χ0v) is 9.85. The van der Waals surface area contributed by atoms with Crippen LogP contribution < -0.4 is 4.72 Å². The van der Waals surface area contributed by atoms with Crippen LogP contribution >= 0.6 is 11.6 Å². The average molecular weight is 268 g/mol. The summed E-state index contributed by atoms with van der Waals surface area (Å²) in [6.45, 7) is -0.00773. The molecular weight excluding hydrogens is 257 g/mol. The standard InChI is InChI=1S/C9H11ClFNO3S/c10-8-6-7(11)2-3-9(8)16(14,15)12-4-1-5-13/h2-3,6,12-13H,1,4-5H2. The second-order valence-electron chi connectivity index (χ2n) is 3.05. The third-order valence-corrected chi connectivity index (χ3v) is 3.75. The van der Waals surface area contributed by atoms with Gasteiger partial charge in [0.15, 0.2) is 0 Å². The molecule has 0 amide bonds. The Kier molecular flexibility index (Phi) is 4.67. The second kappa shape index (κ2) is 5.58. The normalized spacial score (nSPS) is 11.7. The Bertz CT molecular complexity index is 464. The summed E-state index contributed by atoms with van der Waals surface area (Å²) >= 11 is 5.62. The first-order chi connectivity index (χ1) is 7.47. The van der Waals surface area contributed by atoms with Gasteiger partial charge >= 0.3 is 0 Å². The molecule has 0 spiro atoms. The molecule has 0 bridgehead atoms. The fourth-order valence-electron chi connectivity index (χ4n) is 1.06. The molecular formula is C9H11ClFNO3S. The van der Waals surface area contributed by atoms with E-state index in [0.29, 0.717) is 6.42 Å². The van der Waals surface area contributed by atoms with E-state index < -0.39 is 15.8 Å². The van der Waals surface area contributed by atoms with Crippen molar-refractivity contribution in [2.75, 3.05) is 13.2 Å². The molecule has 0 atom stereocenters. The van der Waals surface area contributed by atoms with Gasteiger partial charge in [0.25, 0.3) is 0 Å². The van der Waals surface area contributed by atoms with Crippen molar-refractivity contribution in [2.24, 2.45) is 0 Å². The van der Waals surface area contributed by atoms with Crippen molar-refractivity contribution in [3.63, 3.8) is 0 Å². The summed E-state index contributed by atoms with van der Waals surface area (Å²) < 4.78 is 38.2. The van der Waals surface area contributed by atoms with Crippen molar-refractivity contribution in [3.8, 4) is 0 Å². The highest BCUT2D eigenvalue weighted by Crippen LogP contribution is 2.21. The molecule has 0 unspecified atom stereocenters. The first kappa shape index (κ1) is 13.4. The third-order valence-electron chi connectivity index (χ3n) is 1.81. The first-order valence-electron chi connectivity index (χ1n) is 4.53. The van der Waals surface area contributed by atoms with E-state index in [1.54, 1.807) is 0 Å². The number of hydrogen-bond donors (Lipinski definition) is 2. The molecule has 90 valence electrons. The molecule has 1 aromatic rings. The fourth-order valence-corrected chi connectivity index (χ4v) is 2.66. The summed E-state index contributed by atoms with van der Waals surface area (Å²) in [5.74, 6) is -0.598. The van der Waals surface area contributed by atoms with Crippen molar-refractivity contribution in [2.45, 2.75) is 11.3 Å². The molecule has 1 aromatic carbocycles. The first-order valence-corrected chi connectivity index (χ1v) is 6.39. The van der Waals surface area contributed by atoms with Gasteiger partial charge in [-0.25, -0.2) is 17.5 Å². The Morgan fingerprint density at radius 3 is 2.69 bits per heavy atom. The molecule has 0 aromatic heterocycles. The van der Waals surface area contributed by atoms with Gasteiger partial charge in [-0.05, 0) is 24.6 Å². The number of sulfonamides is 1. The third kappa shape index (κ3) is 3.41. The number of rotatable bonds is 5. The van der Waals surface area contributed by atoms with Crippen LogP contribution in [0, 0.1) is 5.82 Å². The van der Waals surface area contributed by atoms with Gasteiger partial charge in [0.2, 0.25) is 10.0 Å². The van der Waals surface area contributed by atoms with Crippen LogP contribution in [0.2, 0.25) is 5.02 Å². The van der Waals surface area contributed by atoms with Crippen LogP contribution in [0.3, 0.4) is 0 Å². The van der Waals surface area contributed by atoms with Gasteiger partial charge in [-0.1, -0.05) is 11.6 Å². The summed E-state index contributed by atoms with van der Waals surface area (Å²) in [5.41, 5.74) is 0. The molecule has 0 fully saturated rings. The molecule has 0 saturated carbocycles. The Morgan fingerprint density at radius 1 is 1.44 bits per heavy atom. The number of hydrogen-bond acceptors (Lipinski definition) is 3. The lowest BCUT2D eigenvalue weighted by molar-refractivity contribution is 0.289. The summed E-state index contributed by atoms with van der Waals surface area (Å²) in [5, 5.41) is 8.34. The molecule has 0 aliphatic rings. The Hall–Kier alpha value is -0.690. The zero-order valence-electron chi connectivity index (χ0n) is 8.28. The number of aliphatic hydroxyl groups is 1. The van der Waals surface area contributed by atoms with Crippen molar-refractivity contribution < 1.29 is 17.9 Å². The summed E-state index contributed by atoms with van der Waals surface area (Å²) in [6.07, 6.45) is 0.304. The maximum Gasteiger partial charge on any atom is 0.242 e. The van der Waals surface area contributed by atoms with Gasteiger partial charge in [-0.3, -0.25) is 0 Å². The second-order valence-corrected chi connectivity index (χ2v) is 5.19. The van der Waals surface area contributed by atoms with Gasteiger partial charge < -0.3 is 5.11 Å². The fraction of sp³-hybridized carbons (Fsp3) is 0.333. The lowest BCUT2D eigenvalue weighted by Gasteiger charge is -2.07. The van der Waals surface area contributed by atoms with E-state index in [1.807, 2.05) is 0 Å². The SMILES string of the molecule is O=S(=O)(NCCCO)c1ccc(F)cc1Cl. The topological polar surface area (TPSA) is 66.4 Å². The van der Waals surface area contributed by atoms with Crippen molar-refractivity contribution in [1.82, 2.24) is 4.72 Å². The molecule has 0 saturated heterocycles. The molecule has 0 radical (unpaired) electrons. The summed E-state index contributed by atoms with van der Waals surface area (Å²) in [7, 11) is -3.74. The predicted molar refractivity (Wildman–Crippen MR) is 58.3 cm³/mol. The van der Waals surface area contributed by atoms with E-state index in [4.69, 9.17) is 16.7 Å². The number of nitrogens with one attached hydrogen (secondary N) is 1. The quantitative estimate of drug-likeness (QED) is 0.786. The number of aliphatic hydroxyl groups excluding tert-OH is 1. The minimum absolute atomic E-state index is 0.104. The van der Waals surface area contributed by atoms with E-state index in [2.05, 4.69) is 4.72 Å².